The second-order valence-electron chi connectivity index (χ2n) is 3.41. The molecule has 1 saturated carbocycles. The van der Waals surface area contributed by atoms with Crippen LogP contribution >= 0.6 is 0 Å². The Bertz CT molecular complexity index is 407. The minimum atomic E-state index is -0.0881. The van der Waals surface area contributed by atoms with Gasteiger partial charge in [0.25, 0.3) is 0 Å². The van der Waals surface area contributed by atoms with Gasteiger partial charge in [-0.25, -0.2) is 0 Å². The molecule has 0 radical (unpaired) electrons. The molecule has 1 aliphatic rings. The Morgan fingerprint density at radius 1 is 1.73 bits per heavy atom. The van der Waals surface area contributed by atoms with Crippen LogP contribution in [0.5, 0.6) is 0 Å². The number of carbonyl (C=O) groups excluding carboxylic acids is 1. The van der Waals surface area contributed by atoms with E-state index in [2.05, 4.69) is 20.7 Å². The predicted octanol–water partition coefficient (Wildman–Crippen LogP) is -0.147. The third-order valence-corrected chi connectivity index (χ3v) is 2.22. The lowest BCUT2D eigenvalue weighted by molar-refractivity contribution is -0.117. The van der Waals surface area contributed by atoms with Crippen molar-refractivity contribution in [3.63, 3.8) is 0 Å². The van der Waals surface area contributed by atoms with Gasteiger partial charge >= 0.3 is 0 Å². The van der Waals surface area contributed by atoms with E-state index in [9.17, 15) is 4.79 Å². The first-order chi connectivity index (χ1) is 7.22. The molecule has 7 nitrogen and oxygen atoms in total. The van der Waals surface area contributed by atoms with Crippen LogP contribution in [0.25, 0.3) is 0 Å². The lowest BCUT2D eigenvalue weighted by Crippen LogP contribution is -2.19. The zero-order valence-electron chi connectivity index (χ0n) is 7.90. The lowest BCUT2D eigenvalue weighted by atomic mass is 10.3. The molecular formula is C8H11N5O2. The van der Waals surface area contributed by atoms with Crippen molar-refractivity contribution in [1.82, 2.24) is 10.2 Å². The number of nitrogens with one attached hydrogen (secondary N) is 2. The maximum absolute atomic E-state index is 11.4. The highest BCUT2D eigenvalue weighted by Crippen LogP contribution is 2.30. The summed E-state index contributed by atoms with van der Waals surface area (Å²) in [6, 6.07) is 0. The smallest absolute Gasteiger partial charge is 0.228 e. The summed E-state index contributed by atoms with van der Waals surface area (Å²) in [6.45, 7) is 0. The van der Waals surface area contributed by atoms with E-state index in [4.69, 9.17) is 10.9 Å². The summed E-state index contributed by atoms with van der Waals surface area (Å²) in [5, 5.41) is 20.3. The van der Waals surface area contributed by atoms with E-state index in [1.165, 1.54) is 6.20 Å². The van der Waals surface area contributed by atoms with Gasteiger partial charge in [0.05, 0.1) is 11.8 Å². The summed E-state index contributed by atoms with van der Waals surface area (Å²) >= 11 is 0. The molecule has 0 aromatic carbocycles. The molecule has 0 aliphatic heterocycles. The molecule has 0 bridgehead atoms. The third kappa shape index (κ3) is 1.90. The van der Waals surface area contributed by atoms with Gasteiger partial charge in [-0.2, -0.15) is 5.10 Å². The van der Waals surface area contributed by atoms with Crippen LogP contribution in [-0.4, -0.2) is 27.1 Å². The van der Waals surface area contributed by atoms with Gasteiger partial charge in [-0.15, -0.1) is 0 Å². The summed E-state index contributed by atoms with van der Waals surface area (Å²) in [5.41, 5.74) is 5.78. The number of nitrogens with zero attached hydrogens (tertiary/aromatic N) is 2. The molecule has 5 N–H and O–H groups in total. The highest BCUT2D eigenvalue weighted by Gasteiger charge is 2.30. The Morgan fingerprint density at radius 2 is 2.47 bits per heavy atom. The Kier molecular flexibility index (Phi) is 2.28. The van der Waals surface area contributed by atoms with E-state index < -0.39 is 0 Å². The first kappa shape index (κ1) is 9.50. The predicted molar refractivity (Wildman–Crippen MR) is 52.5 cm³/mol. The molecule has 1 fully saturated rings. The van der Waals surface area contributed by atoms with Gasteiger partial charge in [0.15, 0.2) is 5.84 Å². The quantitative estimate of drug-likeness (QED) is 0.240. The number of oxime groups is 1. The number of nitrogens with two attached hydrogens (primary N) is 1. The van der Waals surface area contributed by atoms with Gasteiger partial charge < -0.3 is 16.3 Å². The van der Waals surface area contributed by atoms with Crippen molar-refractivity contribution < 1.29 is 10.0 Å². The Balaban J connectivity index is 2.13. The van der Waals surface area contributed by atoms with Crippen molar-refractivity contribution in [3.8, 4) is 0 Å². The highest BCUT2D eigenvalue weighted by atomic mass is 16.4. The zero-order valence-corrected chi connectivity index (χ0v) is 7.90. The summed E-state index contributed by atoms with van der Waals surface area (Å²) in [4.78, 5) is 11.4. The standard InChI is InChI=1S/C8H11N5O2/c9-6(13-15)5-3-10-12-7(5)11-8(14)4-1-2-4/h3-4,15H,1-2H2,(H2,9,13)(H2,10,11,12,14). The molecule has 80 valence electrons. The maximum atomic E-state index is 11.4. The van der Waals surface area contributed by atoms with Crippen LogP contribution < -0.4 is 11.1 Å². The van der Waals surface area contributed by atoms with Crippen molar-refractivity contribution in [2.75, 3.05) is 5.32 Å². The summed E-state index contributed by atoms with van der Waals surface area (Å²) in [6.07, 6.45) is 3.22. The summed E-state index contributed by atoms with van der Waals surface area (Å²) in [5.74, 6) is 0.303. The van der Waals surface area contributed by atoms with Gasteiger partial charge in [0, 0.05) is 5.92 Å². The Hall–Kier alpha value is -2.05. The summed E-state index contributed by atoms with van der Waals surface area (Å²) < 4.78 is 0. The molecule has 2 rings (SSSR count). The number of aromatic amines is 1. The lowest BCUT2D eigenvalue weighted by Gasteiger charge is -2.03. The fourth-order valence-electron chi connectivity index (χ4n) is 1.20. The molecule has 15 heavy (non-hydrogen) atoms. The normalized spacial score (nSPS) is 16.4. The van der Waals surface area contributed by atoms with Crippen molar-refractivity contribution >= 4 is 17.6 Å². The topological polar surface area (TPSA) is 116 Å². The van der Waals surface area contributed by atoms with Crippen LogP contribution in [0.2, 0.25) is 0 Å². The first-order valence-corrected chi connectivity index (χ1v) is 4.54. The molecule has 1 heterocycles. The van der Waals surface area contributed by atoms with E-state index in [1.807, 2.05) is 0 Å². The molecule has 1 aliphatic carbocycles. The number of rotatable bonds is 3. The van der Waals surface area contributed by atoms with Crippen molar-refractivity contribution in [1.29, 1.82) is 0 Å². The van der Waals surface area contributed by atoms with Gasteiger partial charge in [-0.05, 0) is 12.8 Å². The minimum absolute atomic E-state index is 0.0637. The number of hydrogen-bond donors (Lipinski definition) is 4. The molecule has 1 aromatic heterocycles. The van der Waals surface area contributed by atoms with Crippen LogP contribution in [0.1, 0.15) is 18.4 Å². The number of aromatic nitrogens is 2. The summed E-state index contributed by atoms with van der Waals surface area (Å²) in [7, 11) is 0. The number of H-pyrrole nitrogens is 1. The van der Waals surface area contributed by atoms with E-state index in [0.717, 1.165) is 12.8 Å². The molecule has 1 amide bonds. The van der Waals surface area contributed by atoms with Crippen LogP contribution in [-0.2, 0) is 4.79 Å². The zero-order chi connectivity index (χ0) is 10.8. The molecule has 1 aromatic rings. The van der Waals surface area contributed by atoms with Gasteiger partial charge in [0.1, 0.15) is 5.82 Å². The van der Waals surface area contributed by atoms with Crippen LogP contribution in [0.4, 0.5) is 5.82 Å². The third-order valence-electron chi connectivity index (χ3n) is 2.22. The van der Waals surface area contributed by atoms with Crippen molar-refractivity contribution in [3.05, 3.63) is 11.8 Å². The van der Waals surface area contributed by atoms with Crippen molar-refractivity contribution in [2.24, 2.45) is 16.8 Å². The number of amidine groups is 1. The molecule has 0 spiro atoms. The van der Waals surface area contributed by atoms with Gasteiger partial charge in [-0.1, -0.05) is 5.16 Å². The molecule has 0 saturated heterocycles. The maximum Gasteiger partial charge on any atom is 0.228 e. The van der Waals surface area contributed by atoms with Crippen molar-refractivity contribution in [2.45, 2.75) is 12.8 Å². The average molecular weight is 209 g/mol. The second kappa shape index (κ2) is 3.60. The van der Waals surface area contributed by atoms with Crippen LogP contribution in [0.3, 0.4) is 0 Å². The minimum Gasteiger partial charge on any atom is -0.409 e. The SMILES string of the molecule is NC(=NO)c1cn[nH]c1NC(=O)C1CC1. The van der Waals surface area contributed by atoms with Crippen LogP contribution in [0, 0.1) is 5.92 Å². The van der Waals surface area contributed by atoms with E-state index in [0.29, 0.717) is 11.4 Å². The molecule has 0 atom stereocenters. The Labute approximate surface area is 85.3 Å². The first-order valence-electron chi connectivity index (χ1n) is 4.54. The van der Waals surface area contributed by atoms with E-state index >= 15 is 0 Å². The number of amides is 1. The fourth-order valence-corrected chi connectivity index (χ4v) is 1.20. The highest BCUT2D eigenvalue weighted by molar-refractivity contribution is 6.04. The van der Waals surface area contributed by atoms with E-state index in [-0.39, 0.29) is 17.7 Å². The molecular weight excluding hydrogens is 198 g/mol. The Morgan fingerprint density at radius 3 is 3.07 bits per heavy atom. The van der Waals surface area contributed by atoms with Gasteiger partial charge in [-0.3, -0.25) is 9.89 Å². The number of carbonyl (C=O) groups is 1. The van der Waals surface area contributed by atoms with Gasteiger partial charge in [0.2, 0.25) is 5.91 Å². The molecule has 0 unspecified atom stereocenters. The average Bonchev–Trinajstić information content (AvgIpc) is 2.99. The van der Waals surface area contributed by atoms with E-state index in [1.54, 1.807) is 0 Å². The fraction of sp³-hybridized carbons (Fsp3) is 0.375. The van der Waals surface area contributed by atoms with Crippen LogP contribution in [0.15, 0.2) is 11.4 Å². The molecule has 7 heteroatoms. The largest absolute Gasteiger partial charge is 0.409 e. The second-order valence-corrected chi connectivity index (χ2v) is 3.41. The number of anilines is 1. The monoisotopic (exact) mass is 209 g/mol. The number of hydrogen-bond acceptors (Lipinski definition) is 4.